The van der Waals surface area contributed by atoms with Crippen LogP contribution in [0.2, 0.25) is 0 Å². The molecule has 2 aromatic carbocycles. The van der Waals surface area contributed by atoms with E-state index in [0.717, 1.165) is 11.1 Å². The van der Waals surface area contributed by atoms with E-state index < -0.39 is 5.97 Å². The third-order valence-electron chi connectivity index (χ3n) is 4.05. The molecule has 0 heterocycles. The molecular weight excluding hydrogens is 320 g/mol. The van der Waals surface area contributed by atoms with Crippen molar-refractivity contribution in [2.45, 2.75) is 13.8 Å². The number of benzene rings is 2. The highest BCUT2D eigenvalue weighted by Crippen LogP contribution is 2.39. The molecule has 0 aliphatic carbocycles. The van der Waals surface area contributed by atoms with E-state index in [1.165, 1.54) is 21.3 Å². The lowest BCUT2D eigenvalue weighted by molar-refractivity contribution is -0.130. The first-order valence-electron chi connectivity index (χ1n) is 7.73. The van der Waals surface area contributed by atoms with Crippen LogP contribution in [-0.4, -0.2) is 32.4 Å². The van der Waals surface area contributed by atoms with Crippen molar-refractivity contribution < 1.29 is 24.1 Å². The van der Waals surface area contributed by atoms with Crippen molar-refractivity contribution in [1.29, 1.82) is 0 Å². The lowest BCUT2D eigenvalue weighted by Crippen LogP contribution is -2.01. The summed E-state index contributed by atoms with van der Waals surface area (Å²) in [4.78, 5) is 11.8. The number of carbonyl (C=O) groups is 1. The topological polar surface area (TPSA) is 65.0 Å². The highest BCUT2D eigenvalue weighted by atomic mass is 16.5. The average molecular weight is 342 g/mol. The van der Waals surface area contributed by atoms with Gasteiger partial charge in [-0.1, -0.05) is 18.2 Å². The molecule has 0 fully saturated rings. The summed E-state index contributed by atoms with van der Waals surface area (Å²) in [7, 11) is 4.56. The van der Waals surface area contributed by atoms with Gasteiger partial charge in [-0.15, -0.1) is 0 Å². The fraction of sp³-hybridized carbons (Fsp3) is 0.250. The van der Waals surface area contributed by atoms with Gasteiger partial charge >= 0.3 is 5.97 Å². The van der Waals surface area contributed by atoms with E-state index in [2.05, 4.69) is 0 Å². The van der Waals surface area contributed by atoms with Crippen LogP contribution in [0.1, 0.15) is 22.3 Å². The zero-order valence-corrected chi connectivity index (χ0v) is 15.0. The number of methoxy groups -OCH3 is 3. The van der Waals surface area contributed by atoms with Crippen LogP contribution >= 0.6 is 0 Å². The molecule has 0 aromatic heterocycles. The van der Waals surface area contributed by atoms with Gasteiger partial charge in [0.05, 0.1) is 26.9 Å². The maximum Gasteiger partial charge on any atom is 0.336 e. The molecule has 0 unspecified atom stereocenters. The molecule has 0 amide bonds. The van der Waals surface area contributed by atoms with Crippen molar-refractivity contribution in [2.24, 2.45) is 0 Å². The Balaban J connectivity index is 2.61. The number of aliphatic carboxylic acids is 1. The number of hydrogen-bond acceptors (Lipinski definition) is 4. The molecule has 132 valence electrons. The summed E-state index contributed by atoms with van der Waals surface area (Å²) in [6.45, 7) is 3.94. The molecule has 0 bridgehead atoms. The molecule has 5 nitrogen and oxygen atoms in total. The minimum Gasteiger partial charge on any atom is -0.493 e. The Morgan fingerprint density at radius 1 is 0.920 bits per heavy atom. The minimum absolute atomic E-state index is 0.192. The van der Waals surface area contributed by atoms with E-state index in [4.69, 9.17) is 14.2 Å². The second kappa shape index (κ2) is 7.75. The standard InChI is InChI=1S/C20H22O5/c1-12-6-7-15(8-13(12)2)16(20(21)22)9-14-10-17(23-3)19(25-5)18(11-14)24-4/h6-11H,1-5H3,(H,21,22)/b16-9-. The third-order valence-corrected chi connectivity index (χ3v) is 4.05. The van der Waals surface area contributed by atoms with Crippen molar-refractivity contribution >= 4 is 17.6 Å². The monoisotopic (exact) mass is 342 g/mol. The second-order valence-corrected chi connectivity index (χ2v) is 5.62. The van der Waals surface area contributed by atoms with Gasteiger partial charge in [-0.25, -0.2) is 4.79 Å². The van der Waals surface area contributed by atoms with Gasteiger partial charge in [-0.3, -0.25) is 0 Å². The van der Waals surface area contributed by atoms with E-state index in [1.807, 2.05) is 26.0 Å². The molecule has 0 spiro atoms. The van der Waals surface area contributed by atoms with Crippen molar-refractivity contribution in [3.63, 3.8) is 0 Å². The molecule has 0 atom stereocenters. The fourth-order valence-electron chi connectivity index (χ4n) is 2.53. The zero-order chi connectivity index (χ0) is 18.6. The lowest BCUT2D eigenvalue weighted by atomic mass is 9.98. The number of hydrogen-bond donors (Lipinski definition) is 1. The molecule has 2 aromatic rings. The molecule has 0 aliphatic heterocycles. The smallest absolute Gasteiger partial charge is 0.336 e. The molecular formula is C20H22O5. The molecule has 5 heteroatoms. The molecule has 0 saturated heterocycles. The number of rotatable bonds is 6. The normalized spacial score (nSPS) is 11.2. The van der Waals surface area contributed by atoms with Crippen LogP contribution in [0.25, 0.3) is 11.6 Å². The molecule has 1 N–H and O–H groups in total. The highest BCUT2D eigenvalue weighted by Gasteiger charge is 2.15. The average Bonchev–Trinajstić information content (AvgIpc) is 2.60. The molecule has 25 heavy (non-hydrogen) atoms. The van der Waals surface area contributed by atoms with E-state index in [-0.39, 0.29) is 5.57 Å². The van der Waals surface area contributed by atoms with Crippen LogP contribution in [0.5, 0.6) is 17.2 Å². The Morgan fingerprint density at radius 2 is 1.52 bits per heavy atom. The summed E-state index contributed by atoms with van der Waals surface area (Å²) in [6, 6.07) is 9.01. The van der Waals surface area contributed by atoms with Crippen LogP contribution in [0.4, 0.5) is 0 Å². The summed E-state index contributed by atoms with van der Waals surface area (Å²) >= 11 is 0. The Hall–Kier alpha value is -2.95. The number of aryl methyl sites for hydroxylation is 2. The minimum atomic E-state index is -1.00. The Morgan fingerprint density at radius 3 is 1.96 bits per heavy atom. The van der Waals surface area contributed by atoms with Crippen LogP contribution < -0.4 is 14.2 Å². The highest BCUT2D eigenvalue weighted by molar-refractivity contribution is 6.20. The first kappa shape index (κ1) is 18.4. The van der Waals surface area contributed by atoms with Gasteiger partial charge in [0.25, 0.3) is 0 Å². The number of ether oxygens (including phenoxy) is 3. The van der Waals surface area contributed by atoms with Gasteiger partial charge in [-0.2, -0.15) is 0 Å². The predicted octanol–water partition coefficient (Wildman–Crippen LogP) is 3.95. The Kier molecular flexibility index (Phi) is 5.70. The largest absolute Gasteiger partial charge is 0.493 e. The fourth-order valence-corrected chi connectivity index (χ4v) is 2.53. The molecule has 2 rings (SSSR count). The molecule has 0 aliphatic rings. The maximum atomic E-state index is 11.8. The van der Waals surface area contributed by atoms with Crippen molar-refractivity contribution in [3.05, 3.63) is 52.6 Å². The van der Waals surface area contributed by atoms with Gasteiger partial charge in [0, 0.05) is 0 Å². The van der Waals surface area contributed by atoms with Crippen LogP contribution in [0.15, 0.2) is 30.3 Å². The number of carboxylic acid groups (broad SMARTS) is 1. The van der Waals surface area contributed by atoms with Gasteiger partial charge in [0.2, 0.25) is 5.75 Å². The van der Waals surface area contributed by atoms with Crippen molar-refractivity contribution in [3.8, 4) is 17.2 Å². The summed E-state index contributed by atoms with van der Waals surface area (Å²) in [5.74, 6) is 0.401. The third kappa shape index (κ3) is 3.94. The Labute approximate surface area is 147 Å². The van der Waals surface area contributed by atoms with E-state index >= 15 is 0 Å². The SMILES string of the molecule is COc1cc(/C=C(\C(=O)O)c2ccc(C)c(C)c2)cc(OC)c1OC. The number of carboxylic acids is 1. The van der Waals surface area contributed by atoms with Gasteiger partial charge in [0.1, 0.15) is 0 Å². The summed E-state index contributed by atoms with van der Waals surface area (Å²) in [5, 5.41) is 9.65. The van der Waals surface area contributed by atoms with Gasteiger partial charge in [0.15, 0.2) is 11.5 Å². The van der Waals surface area contributed by atoms with Crippen molar-refractivity contribution in [1.82, 2.24) is 0 Å². The van der Waals surface area contributed by atoms with Crippen molar-refractivity contribution in [2.75, 3.05) is 21.3 Å². The maximum absolute atomic E-state index is 11.8. The first-order chi connectivity index (χ1) is 11.9. The summed E-state index contributed by atoms with van der Waals surface area (Å²) in [5.41, 5.74) is 3.63. The predicted molar refractivity (Wildman–Crippen MR) is 97.5 cm³/mol. The van der Waals surface area contributed by atoms with E-state index in [9.17, 15) is 9.90 Å². The molecule has 0 radical (unpaired) electrons. The van der Waals surface area contributed by atoms with E-state index in [1.54, 1.807) is 24.3 Å². The Bertz CT molecular complexity index is 796. The van der Waals surface area contributed by atoms with E-state index in [0.29, 0.717) is 28.4 Å². The van der Waals surface area contributed by atoms with Crippen LogP contribution in [0.3, 0.4) is 0 Å². The van der Waals surface area contributed by atoms with Gasteiger partial charge < -0.3 is 19.3 Å². The van der Waals surface area contributed by atoms with Gasteiger partial charge in [-0.05, 0) is 54.3 Å². The first-order valence-corrected chi connectivity index (χ1v) is 7.73. The van der Waals surface area contributed by atoms with Crippen LogP contribution in [0, 0.1) is 13.8 Å². The second-order valence-electron chi connectivity index (χ2n) is 5.62. The zero-order valence-electron chi connectivity index (χ0n) is 15.0. The molecule has 0 saturated carbocycles. The summed E-state index contributed by atoms with van der Waals surface area (Å²) < 4.78 is 15.9. The van der Waals surface area contributed by atoms with Crippen LogP contribution in [-0.2, 0) is 4.79 Å². The summed E-state index contributed by atoms with van der Waals surface area (Å²) in [6.07, 6.45) is 1.59. The quantitative estimate of drug-likeness (QED) is 0.636. The lowest BCUT2D eigenvalue weighted by Gasteiger charge is -2.13.